The summed E-state index contributed by atoms with van der Waals surface area (Å²) in [5.74, 6) is 1.54. The molecule has 3 N–H and O–H groups in total. The van der Waals surface area contributed by atoms with Crippen LogP contribution in [0.2, 0.25) is 5.15 Å². The number of halogens is 1. The Morgan fingerprint density at radius 1 is 1.02 bits per heavy atom. The maximum Gasteiger partial charge on any atom is 0.249 e. The monoisotopic (exact) mass is 630 g/mol. The van der Waals surface area contributed by atoms with E-state index >= 15 is 0 Å². The molecule has 0 atom stereocenters. The number of ether oxygens (including phenoxy) is 1. The number of sulfone groups is 1. The summed E-state index contributed by atoms with van der Waals surface area (Å²) in [7, 11) is -1.98. The van der Waals surface area contributed by atoms with Gasteiger partial charge in [-0.3, -0.25) is 4.68 Å². The van der Waals surface area contributed by atoms with Gasteiger partial charge in [0.1, 0.15) is 5.75 Å². The lowest BCUT2D eigenvalue weighted by Crippen LogP contribution is -2.37. The number of aromatic nitrogens is 5. The lowest BCUT2D eigenvalue weighted by atomic mass is 9.80. The molecule has 13 heteroatoms. The largest absolute Gasteiger partial charge is 0.488 e. The smallest absolute Gasteiger partial charge is 0.249 e. The van der Waals surface area contributed by atoms with E-state index in [9.17, 15) is 8.42 Å². The number of rotatable bonds is 12. The molecule has 2 aliphatic rings. The molecule has 2 heterocycles. The molecule has 0 saturated heterocycles. The van der Waals surface area contributed by atoms with Gasteiger partial charge < -0.3 is 20.7 Å². The van der Waals surface area contributed by atoms with Crippen molar-refractivity contribution in [3.63, 3.8) is 0 Å². The fourth-order valence-electron chi connectivity index (χ4n) is 5.74. The van der Waals surface area contributed by atoms with E-state index in [1.807, 2.05) is 13.8 Å². The average Bonchev–Trinajstić information content (AvgIpc) is 3.66. The minimum atomic E-state index is -3.64. The molecule has 0 aliphatic heterocycles. The summed E-state index contributed by atoms with van der Waals surface area (Å²) in [6, 6.07) is 5.35. The molecule has 5 rings (SSSR count). The fourth-order valence-corrected chi connectivity index (χ4v) is 7.60. The first-order chi connectivity index (χ1) is 20.4. The second-order valence-corrected chi connectivity index (χ2v) is 14.9. The van der Waals surface area contributed by atoms with Crippen LogP contribution in [0.25, 0.3) is 0 Å². The Kier molecular flexibility index (Phi) is 9.48. The van der Waals surface area contributed by atoms with Crippen LogP contribution in [-0.4, -0.2) is 57.3 Å². The molecule has 0 amide bonds. The van der Waals surface area contributed by atoms with Crippen molar-refractivity contribution in [1.82, 2.24) is 30.3 Å². The minimum Gasteiger partial charge on any atom is -0.488 e. The van der Waals surface area contributed by atoms with Crippen LogP contribution < -0.4 is 20.7 Å². The van der Waals surface area contributed by atoms with Gasteiger partial charge in [0.15, 0.2) is 20.8 Å². The summed E-state index contributed by atoms with van der Waals surface area (Å²) in [6.45, 7) is 10.2. The molecule has 11 nitrogen and oxygen atoms in total. The Labute approximate surface area is 259 Å². The molecule has 43 heavy (non-hydrogen) atoms. The molecular formula is C30H43ClN8O3S. The lowest BCUT2D eigenvalue weighted by molar-refractivity contribution is 0.302. The van der Waals surface area contributed by atoms with Crippen LogP contribution in [-0.2, 0) is 16.9 Å². The van der Waals surface area contributed by atoms with Crippen molar-refractivity contribution in [3.05, 3.63) is 34.6 Å². The highest BCUT2D eigenvalue weighted by Crippen LogP contribution is 2.41. The number of hydrogen-bond donors (Lipinski definition) is 3. The third-order valence-corrected chi connectivity index (χ3v) is 9.96. The van der Waals surface area contributed by atoms with Gasteiger partial charge in [-0.15, -0.1) is 10.2 Å². The Bertz CT molecular complexity index is 1550. The summed E-state index contributed by atoms with van der Waals surface area (Å²) in [6.07, 6.45) is 8.47. The van der Waals surface area contributed by atoms with Gasteiger partial charge >= 0.3 is 0 Å². The van der Waals surface area contributed by atoms with Gasteiger partial charge in [-0.2, -0.15) is 10.1 Å². The van der Waals surface area contributed by atoms with Crippen molar-refractivity contribution in [2.24, 2.45) is 13.0 Å². The van der Waals surface area contributed by atoms with Crippen molar-refractivity contribution in [2.75, 3.05) is 16.4 Å². The number of nitrogens with zero attached hydrogens (tertiary/aromatic N) is 5. The molecule has 0 unspecified atom stereocenters. The molecule has 2 fully saturated rings. The van der Waals surface area contributed by atoms with E-state index in [0.717, 1.165) is 37.1 Å². The van der Waals surface area contributed by atoms with E-state index in [4.69, 9.17) is 16.3 Å². The quantitative estimate of drug-likeness (QED) is 0.217. The zero-order valence-electron chi connectivity index (χ0n) is 25.8. The third kappa shape index (κ3) is 7.96. The number of benzene rings is 1. The summed E-state index contributed by atoms with van der Waals surface area (Å²) < 4.78 is 33.8. The van der Waals surface area contributed by atoms with Gasteiger partial charge in [0.25, 0.3) is 0 Å². The van der Waals surface area contributed by atoms with Gasteiger partial charge in [-0.1, -0.05) is 39.3 Å². The van der Waals surface area contributed by atoms with Gasteiger partial charge in [-0.25, -0.2) is 8.42 Å². The highest BCUT2D eigenvalue weighted by atomic mass is 35.5. The van der Waals surface area contributed by atoms with Gasteiger partial charge in [0.2, 0.25) is 11.0 Å². The number of aryl methyl sites for hydroxylation is 2. The summed E-state index contributed by atoms with van der Waals surface area (Å²) in [5.41, 5.74) is 3.53. The topological polar surface area (TPSA) is 136 Å². The zero-order valence-corrected chi connectivity index (χ0v) is 27.4. The minimum absolute atomic E-state index is 0.00477. The number of hydrogen-bond acceptors (Lipinski definition) is 10. The first kappa shape index (κ1) is 31.5. The highest BCUT2D eigenvalue weighted by Gasteiger charge is 2.29. The zero-order chi connectivity index (χ0) is 30.9. The standard InChI is InChI=1S/C30H43ClN8O3S/c1-17(2)16-43(40,41)29-25(15-39(6)38-29)33-28-27(31)36-37-30(35-28)34-24-13-19(5)23(14-26(24)42-22-11-12-22)20-7-9-21(10-8-20)32-18(3)4/h13-15,17-18,20-22,32H,7-12,16H2,1-6H3,(H2,33,34,35,37)/t20-,21+. The van der Waals surface area contributed by atoms with E-state index in [0.29, 0.717) is 18.0 Å². The van der Waals surface area contributed by atoms with Crippen LogP contribution in [0.5, 0.6) is 5.75 Å². The maximum absolute atomic E-state index is 13.0. The number of anilines is 4. The van der Waals surface area contributed by atoms with Crippen LogP contribution in [0, 0.1) is 12.8 Å². The Balaban J connectivity index is 1.38. The Morgan fingerprint density at radius 2 is 1.74 bits per heavy atom. The lowest BCUT2D eigenvalue weighted by Gasteiger charge is -2.32. The molecule has 2 aromatic heterocycles. The predicted molar refractivity (Wildman–Crippen MR) is 170 cm³/mol. The van der Waals surface area contributed by atoms with Crippen LogP contribution in [0.3, 0.4) is 0 Å². The average molecular weight is 631 g/mol. The highest BCUT2D eigenvalue weighted by molar-refractivity contribution is 7.91. The Hall–Kier alpha value is -2.96. The maximum atomic E-state index is 13.0. The second-order valence-electron chi connectivity index (χ2n) is 12.6. The second kappa shape index (κ2) is 13.0. The van der Waals surface area contributed by atoms with Gasteiger partial charge in [0.05, 0.1) is 23.2 Å². The molecule has 2 saturated carbocycles. The summed E-state index contributed by atoms with van der Waals surface area (Å²) in [4.78, 5) is 4.54. The molecule has 0 radical (unpaired) electrons. The van der Waals surface area contributed by atoms with Gasteiger partial charge in [-0.05, 0) is 80.5 Å². The van der Waals surface area contributed by atoms with E-state index in [1.54, 1.807) is 13.2 Å². The molecule has 3 aromatic rings. The van der Waals surface area contributed by atoms with E-state index in [2.05, 4.69) is 69.1 Å². The van der Waals surface area contributed by atoms with E-state index in [-0.39, 0.29) is 45.4 Å². The fraction of sp³-hybridized carbons (Fsp3) is 0.600. The van der Waals surface area contributed by atoms with E-state index in [1.165, 1.54) is 28.7 Å². The van der Waals surface area contributed by atoms with Crippen LogP contribution >= 0.6 is 11.6 Å². The molecule has 0 spiro atoms. The molecule has 0 bridgehead atoms. The SMILES string of the molecule is Cc1cc(Nc2nnc(Cl)c(Nc3cn(C)nc3S(=O)(=O)CC(C)C)n2)c(OC2CC2)cc1[C@H]1CC[C@@H](NC(C)C)CC1. The molecule has 2 aliphatic carbocycles. The van der Waals surface area contributed by atoms with Crippen LogP contribution in [0.15, 0.2) is 23.4 Å². The molecular weight excluding hydrogens is 588 g/mol. The van der Waals surface area contributed by atoms with Crippen molar-refractivity contribution in [3.8, 4) is 5.75 Å². The summed E-state index contributed by atoms with van der Waals surface area (Å²) >= 11 is 6.35. The normalized spacial score (nSPS) is 19.2. The Morgan fingerprint density at radius 3 is 2.40 bits per heavy atom. The van der Waals surface area contributed by atoms with Crippen molar-refractivity contribution in [1.29, 1.82) is 0 Å². The van der Waals surface area contributed by atoms with Crippen molar-refractivity contribution >= 4 is 44.6 Å². The number of nitrogens with one attached hydrogen (secondary N) is 3. The molecule has 234 valence electrons. The molecule has 1 aromatic carbocycles. The van der Waals surface area contributed by atoms with Crippen LogP contribution in [0.4, 0.5) is 23.1 Å². The first-order valence-electron chi connectivity index (χ1n) is 15.2. The van der Waals surface area contributed by atoms with Crippen molar-refractivity contribution in [2.45, 2.75) is 102 Å². The predicted octanol–water partition coefficient (Wildman–Crippen LogP) is 6.05. The van der Waals surface area contributed by atoms with Gasteiger partial charge in [0, 0.05) is 25.3 Å². The van der Waals surface area contributed by atoms with Crippen molar-refractivity contribution < 1.29 is 13.2 Å². The summed E-state index contributed by atoms with van der Waals surface area (Å²) in [5, 5.41) is 22.3. The first-order valence-corrected chi connectivity index (χ1v) is 17.2. The third-order valence-electron chi connectivity index (χ3n) is 7.71. The van der Waals surface area contributed by atoms with Crippen LogP contribution in [0.1, 0.15) is 83.3 Å². The van der Waals surface area contributed by atoms with E-state index < -0.39 is 9.84 Å².